The number of ether oxygens (including phenoxy) is 2. The number of primary amides is 1. The van der Waals surface area contributed by atoms with Crippen LogP contribution in [0.3, 0.4) is 0 Å². The highest BCUT2D eigenvalue weighted by Crippen LogP contribution is 2.26. The molecule has 31 heavy (non-hydrogen) atoms. The number of pyridine rings is 1. The largest absolute Gasteiger partial charge is 0.573 e. The number of morpholine rings is 1. The lowest BCUT2D eigenvalue weighted by Gasteiger charge is -2.27. The van der Waals surface area contributed by atoms with Crippen molar-refractivity contribution in [3.8, 4) is 5.75 Å². The molecule has 0 unspecified atom stereocenters. The van der Waals surface area contributed by atoms with E-state index in [9.17, 15) is 22.8 Å². The molecular weight excluding hydrogens is 417 g/mol. The Morgan fingerprint density at radius 1 is 1.26 bits per heavy atom. The van der Waals surface area contributed by atoms with Crippen LogP contribution in [0.25, 0.3) is 10.9 Å². The molecular formula is C20H25F3N4O4. The molecule has 8 nitrogen and oxygen atoms in total. The number of benzene rings is 1. The third-order valence-electron chi connectivity index (χ3n) is 5.14. The van der Waals surface area contributed by atoms with Crippen LogP contribution in [-0.4, -0.2) is 60.6 Å². The predicted molar refractivity (Wildman–Crippen MR) is 108 cm³/mol. The van der Waals surface area contributed by atoms with E-state index in [0.29, 0.717) is 49.3 Å². The molecule has 2 heterocycles. The molecule has 0 spiro atoms. The van der Waals surface area contributed by atoms with Crippen molar-refractivity contribution in [3.05, 3.63) is 40.2 Å². The van der Waals surface area contributed by atoms with Gasteiger partial charge in [-0.15, -0.1) is 13.2 Å². The van der Waals surface area contributed by atoms with Gasteiger partial charge in [-0.3, -0.25) is 14.5 Å². The first kappa shape index (κ1) is 23.0. The Labute approximate surface area is 176 Å². The van der Waals surface area contributed by atoms with Crippen molar-refractivity contribution in [1.82, 2.24) is 14.8 Å². The first-order valence-electron chi connectivity index (χ1n) is 9.89. The molecule has 11 heteroatoms. The number of carbonyl (C=O) groups excluding carboxylic acids is 1. The first-order chi connectivity index (χ1) is 14.6. The second-order valence-corrected chi connectivity index (χ2v) is 7.35. The first-order valence-corrected chi connectivity index (χ1v) is 9.89. The molecule has 0 saturated carbocycles. The highest BCUT2D eigenvalue weighted by molar-refractivity contribution is 5.81. The third kappa shape index (κ3) is 6.18. The van der Waals surface area contributed by atoms with Crippen LogP contribution >= 0.6 is 0 Å². The van der Waals surface area contributed by atoms with Crippen LogP contribution in [0.15, 0.2) is 29.1 Å². The lowest BCUT2D eigenvalue weighted by Crippen LogP contribution is -2.41. The van der Waals surface area contributed by atoms with Crippen LogP contribution in [0.4, 0.5) is 13.2 Å². The van der Waals surface area contributed by atoms with Crippen LogP contribution in [-0.2, 0) is 22.6 Å². The van der Waals surface area contributed by atoms with Gasteiger partial charge in [0.05, 0.1) is 24.8 Å². The Hall–Kier alpha value is -2.63. The van der Waals surface area contributed by atoms with Crippen molar-refractivity contribution in [3.63, 3.8) is 0 Å². The lowest BCUT2D eigenvalue weighted by atomic mass is 10.1. The summed E-state index contributed by atoms with van der Waals surface area (Å²) >= 11 is 0. The summed E-state index contributed by atoms with van der Waals surface area (Å²) in [5, 5.41) is 3.47. The van der Waals surface area contributed by atoms with Gasteiger partial charge in [-0.25, -0.2) is 0 Å². The normalized spacial score (nSPS) is 16.4. The van der Waals surface area contributed by atoms with Gasteiger partial charge in [-0.1, -0.05) is 0 Å². The van der Waals surface area contributed by atoms with E-state index >= 15 is 0 Å². The Morgan fingerprint density at radius 2 is 1.97 bits per heavy atom. The molecule has 3 N–H and O–H groups in total. The summed E-state index contributed by atoms with van der Waals surface area (Å²) in [5.41, 5.74) is 5.62. The molecule has 170 valence electrons. The summed E-state index contributed by atoms with van der Waals surface area (Å²) in [6.07, 6.45) is -4.83. The maximum absolute atomic E-state index is 13.1. The van der Waals surface area contributed by atoms with Crippen molar-refractivity contribution in [2.75, 3.05) is 32.8 Å². The molecule has 0 radical (unpaired) electrons. The van der Waals surface area contributed by atoms with Gasteiger partial charge in [0, 0.05) is 44.4 Å². The Bertz CT molecular complexity index is 987. The van der Waals surface area contributed by atoms with Crippen molar-refractivity contribution >= 4 is 16.8 Å². The van der Waals surface area contributed by atoms with Gasteiger partial charge in [-0.05, 0) is 30.5 Å². The number of nitrogens with two attached hydrogens (primary N) is 1. The SMILES string of the molecule is C[C@H](NCc1cc2ccc(OC(F)(F)F)cc2n(CCN2CCOCC2)c1=O)C(N)=O. The molecule has 1 fully saturated rings. The van der Waals surface area contributed by atoms with Crippen molar-refractivity contribution in [2.45, 2.75) is 32.4 Å². The summed E-state index contributed by atoms with van der Waals surface area (Å²) < 4.78 is 48.8. The Morgan fingerprint density at radius 3 is 2.61 bits per heavy atom. The van der Waals surface area contributed by atoms with Crippen LogP contribution in [0.2, 0.25) is 0 Å². The molecule has 1 aromatic carbocycles. The van der Waals surface area contributed by atoms with Crippen LogP contribution in [0.1, 0.15) is 12.5 Å². The maximum Gasteiger partial charge on any atom is 0.573 e. The van der Waals surface area contributed by atoms with Gasteiger partial charge in [-0.2, -0.15) is 0 Å². The number of alkyl halides is 3. The fourth-order valence-corrected chi connectivity index (χ4v) is 3.39. The van der Waals surface area contributed by atoms with Crippen molar-refractivity contribution < 1.29 is 27.4 Å². The number of fused-ring (bicyclic) bond motifs is 1. The smallest absolute Gasteiger partial charge is 0.406 e. The van der Waals surface area contributed by atoms with Crippen LogP contribution in [0, 0.1) is 0 Å². The van der Waals surface area contributed by atoms with Crippen LogP contribution < -0.4 is 21.3 Å². The van der Waals surface area contributed by atoms with E-state index in [1.54, 1.807) is 13.0 Å². The lowest BCUT2D eigenvalue weighted by molar-refractivity contribution is -0.274. The minimum absolute atomic E-state index is 0.0945. The fraction of sp³-hybridized carbons (Fsp3) is 0.500. The molecule has 1 amide bonds. The molecule has 2 aromatic rings. The molecule has 1 saturated heterocycles. The summed E-state index contributed by atoms with van der Waals surface area (Å²) in [4.78, 5) is 26.5. The number of halogens is 3. The number of nitrogens with one attached hydrogen (secondary N) is 1. The van der Waals surface area contributed by atoms with E-state index in [1.807, 2.05) is 0 Å². The fourth-order valence-electron chi connectivity index (χ4n) is 3.39. The second kappa shape index (κ2) is 9.67. The van der Waals surface area contributed by atoms with Crippen molar-refractivity contribution in [1.29, 1.82) is 0 Å². The molecule has 1 aliphatic rings. The monoisotopic (exact) mass is 442 g/mol. The Kier molecular flexibility index (Phi) is 7.19. The zero-order valence-electron chi connectivity index (χ0n) is 17.1. The zero-order chi connectivity index (χ0) is 22.6. The van der Waals surface area contributed by atoms with Gasteiger partial charge in [0.1, 0.15) is 5.75 Å². The minimum Gasteiger partial charge on any atom is -0.406 e. The topological polar surface area (TPSA) is 98.8 Å². The van der Waals surface area contributed by atoms with Gasteiger partial charge in [0.2, 0.25) is 5.91 Å². The highest BCUT2D eigenvalue weighted by atomic mass is 19.4. The number of amides is 1. The molecule has 1 aromatic heterocycles. The highest BCUT2D eigenvalue weighted by Gasteiger charge is 2.31. The van der Waals surface area contributed by atoms with E-state index in [2.05, 4.69) is 15.0 Å². The average molecular weight is 442 g/mol. The average Bonchev–Trinajstić information content (AvgIpc) is 2.71. The number of nitrogens with zero attached hydrogens (tertiary/aromatic N) is 2. The van der Waals surface area contributed by atoms with E-state index in [-0.39, 0.29) is 18.6 Å². The standard InChI is InChI=1S/C20H25F3N4O4/c1-13(18(24)28)25-12-15-10-14-2-3-16(31-20(21,22)23)11-17(14)27(19(15)29)5-4-26-6-8-30-9-7-26/h2-3,10-11,13,25H,4-9,12H2,1H3,(H2,24,28)/t13-/m0/s1. The zero-order valence-corrected chi connectivity index (χ0v) is 17.1. The van der Waals surface area contributed by atoms with Gasteiger partial charge >= 0.3 is 6.36 Å². The molecule has 1 aliphatic heterocycles. The summed E-state index contributed by atoms with van der Waals surface area (Å²) in [6, 6.07) is 4.85. The maximum atomic E-state index is 13.1. The molecule has 1 atom stereocenters. The number of hydrogen-bond acceptors (Lipinski definition) is 6. The molecule has 0 bridgehead atoms. The molecule has 0 aliphatic carbocycles. The Balaban J connectivity index is 1.95. The number of carbonyl (C=O) groups is 1. The summed E-state index contributed by atoms with van der Waals surface area (Å²) in [6.45, 7) is 5.11. The number of rotatable bonds is 8. The van der Waals surface area contributed by atoms with Gasteiger partial charge in [0.25, 0.3) is 5.56 Å². The van der Waals surface area contributed by atoms with Crippen LogP contribution in [0.5, 0.6) is 5.75 Å². The van der Waals surface area contributed by atoms with E-state index in [1.165, 1.54) is 22.8 Å². The van der Waals surface area contributed by atoms with Gasteiger partial charge in [0.15, 0.2) is 0 Å². The predicted octanol–water partition coefficient (Wildman–Crippen LogP) is 1.20. The number of aromatic nitrogens is 1. The summed E-state index contributed by atoms with van der Waals surface area (Å²) in [7, 11) is 0. The number of hydrogen-bond donors (Lipinski definition) is 2. The molecule has 3 rings (SSSR count). The van der Waals surface area contributed by atoms with E-state index in [4.69, 9.17) is 10.5 Å². The third-order valence-corrected chi connectivity index (χ3v) is 5.14. The van der Waals surface area contributed by atoms with Crippen molar-refractivity contribution in [2.24, 2.45) is 5.73 Å². The van der Waals surface area contributed by atoms with Gasteiger partial charge < -0.3 is 25.1 Å². The minimum atomic E-state index is -4.83. The van der Waals surface area contributed by atoms with E-state index in [0.717, 1.165) is 0 Å². The second-order valence-electron chi connectivity index (χ2n) is 7.35. The van der Waals surface area contributed by atoms with E-state index < -0.39 is 24.1 Å². The summed E-state index contributed by atoms with van der Waals surface area (Å²) in [5.74, 6) is -0.949. The quantitative estimate of drug-likeness (QED) is 0.638.